The van der Waals surface area contributed by atoms with Crippen LogP contribution in [0, 0.1) is 0 Å². The second-order valence-electron chi connectivity index (χ2n) is 7.26. The minimum atomic E-state index is -0.401. The molecule has 0 unspecified atom stereocenters. The zero-order chi connectivity index (χ0) is 19.5. The highest BCUT2D eigenvalue weighted by Gasteiger charge is 2.26. The summed E-state index contributed by atoms with van der Waals surface area (Å²) >= 11 is 0. The Kier molecular flexibility index (Phi) is 9.37. The summed E-state index contributed by atoms with van der Waals surface area (Å²) in [6.07, 6.45) is 12.3. The summed E-state index contributed by atoms with van der Waals surface area (Å²) in [5.41, 5.74) is 2.69. The van der Waals surface area contributed by atoms with Gasteiger partial charge in [0, 0.05) is 0 Å². The van der Waals surface area contributed by atoms with E-state index in [1.54, 1.807) is 13.8 Å². The number of aryl methyl sites for hydroxylation is 2. The molecule has 4 heteroatoms. The van der Waals surface area contributed by atoms with Crippen LogP contribution in [0.3, 0.4) is 0 Å². The second-order valence-corrected chi connectivity index (χ2v) is 7.26. The van der Waals surface area contributed by atoms with E-state index in [0.29, 0.717) is 24.3 Å². The SMILES string of the molecule is CCOC(=O)c1c2ccc(c1C(=O)OCC)CCCCCCCCCCC2. The van der Waals surface area contributed by atoms with Crippen molar-refractivity contribution in [3.05, 3.63) is 34.4 Å². The van der Waals surface area contributed by atoms with Crippen LogP contribution in [0.5, 0.6) is 0 Å². The number of carbonyl (C=O) groups excluding carboxylic acids is 2. The van der Waals surface area contributed by atoms with Gasteiger partial charge in [0.1, 0.15) is 0 Å². The van der Waals surface area contributed by atoms with Crippen LogP contribution in [0.1, 0.15) is 103 Å². The first kappa shape index (κ1) is 21.5. The van der Waals surface area contributed by atoms with Gasteiger partial charge in [-0.15, -0.1) is 0 Å². The first-order valence-corrected chi connectivity index (χ1v) is 10.7. The lowest BCUT2D eigenvalue weighted by molar-refractivity contribution is 0.0476. The number of esters is 2. The zero-order valence-corrected chi connectivity index (χ0v) is 17.0. The van der Waals surface area contributed by atoms with Crippen LogP contribution in [0.25, 0.3) is 0 Å². The van der Waals surface area contributed by atoms with Gasteiger partial charge in [-0.2, -0.15) is 0 Å². The Bertz CT molecular complexity index is 568. The molecule has 0 aromatic heterocycles. The van der Waals surface area contributed by atoms with Gasteiger partial charge in [-0.25, -0.2) is 9.59 Å². The summed E-state index contributed by atoms with van der Waals surface area (Å²) in [6, 6.07) is 4.04. The van der Waals surface area contributed by atoms with Crippen molar-refractivity contribution < 1.29 is 19.1 Å². The molecule has 0 fully saturated rings. The molecule has 1 aromatic carbocycles. The standard InChI is InChI=1S/C23H34O4/c1-3-26-22(24)20-18-14-12-10-8-6-5-7-9-11-13-15-19(17-16-18)21(20)23(25)27-4-2/h16-17H,3-15H2,1-2H3. The summed E-state index contributed by atoms with van der Waals surface area (Å²) < 4.78 is 10.6. The Morgan fingerprint density at radius 3 is 1.33 bits per heavy atom. The average Bonchev–Trinajstić information content (AvgIpc) is 2.67. The molecule has 0 aliphatic heterocycles. The van der Waals surface area contributed by atoms with Crippen molar-refractivity contribution in [3.8, 4) is 0 Å². The van der Waals surface area contributed by atoms with Crippen LogP contribution in [0.2, 0.25) is 0 Å². The van der Waals surface area contributed by atoms with E-state index < -0.39 is 11.9 Å². The van der Waals surface area contributed by atoms with E-state index in [0.717, 1.165) is 49.7 Å². The zero-order valence-electron chi connectivity index (χ0n) is 17.0. The number of carbonyl (C=O) groups is 2. The van der Waals surface area contributed by atoms with Gasteiger partial charge in [-0.3, -0.25) is 0 Å². The highest BCUT2D eigenvalue weighted by Crippen LogP contribution is 2.26. The van der Waals surface area contributed by atoms with E-state index in [1.165, 1.54) is 32.1 Å². The molecule has 150 valence electrons. The molecule has 0 N–H and O–H groups in total. The van der Waals surface area contributed by atoms with Crippen molar-refractivity contribution in [1.29, 1.82) is 0 Å². The lowest BCUT2D eigenvalue weighted by Gasteiger charge is -2.17. The molecule has 1 aromatic rings. The molecule has 27 heavy (non-hydrogen) atoms. The average molecular weight is 375 g/mol. The highest BCUT2D eigenvalue weighted by atomic mass is 16.5. The molecule has 2 bridgehead atoms. The maximum atomic E-state index is 12.7. The van der Waals surface area contributed by atoms with Gasteiger partial charge in [-0.05, 0) is 50.7 Å². The van der Waals surface area contributed by atoms with E-state index >= 15 is 0 Å². The minimum Gasteiger partial charge on any atom is -0.462 e. The van der Waals surface area contributed by atoms with Crippen molar-refractivity contribution in [1.82, 2.24) is 0 Å². The van der Waals surface area contributed by atoms with Crippen LogP contribution in [-0.2, 0) is 22.3 Å². The van der Waals surface area contributed by atoms with E-state index in [9.17, 15) is 9.59 Å². The van der Waals surface area contributed by atoms with Gasteiger partial charge < -0.3 is 9.47 Å². The van der Waals surface area contributed by atoms with Crippen LogP contribution in [0.4, 0.5) is 0 Å². The summed E-state index contributed by atoms with van der Waals surface area (Å²) in [6.45, 7) is 4.18. The number of hydrogen-bond donors (Lipinski definition) is 0. The van der Waals surface area contributed by atoms with Crippen LogP contribution in [0.15, 0.2) is 12.1 Å². The lowest BCUT2D eigenvalue weighted by Crippen LogP contribution is -2.19. The summed E-state index contributed by atoms with van der Waals surface area (Å²) in [4.78, 5) is 25.5. The fraction of sp³-hybridized carbons (Fsp3) is 0.652. The maximum Gasteiger partial charge on any atom is 0.339 e. The van der Waals surface area contributed by atoms with E-state index in [2.05, 4.69) is 0 Å². The largest absolute Gasteiger partial charge is 0.462 e. The molecule has 2 aliphatic rings. The summed E-state index contributed by atoms with van der Waals surface area (Å²) in [5, 5.41) is 0. The third-order valence-electron chi connectivity index (χ3n) is 5.23. The fourth-order valence-electron chi connectivity index (χ4n) is 3.85. The number of benzene rings is 1. The van der Waals surface area contributed by atoms with E-state index in [1.807, 2.05) is 12.1 Å². The van der Waals surface area contributed by atoms with Crippen LogP contribution in [-0.4, -0.2) is 25.2 Å². The number of ether oxygens (including phenoxy) is 2. The first-order chi connectivity index (χ1) is 13.2. The predicted molar refractivity (Wildman–Crippen MR) is 107 cm³/mol. The normalized spacial score (nSPS) is 16.2. The topological polar surface area (TPSA) is 52.6 Å². The van der Waals surface area contributed by atoms with Crippen molar-refractivity contribution in [2.75, 3.05) is 13.2 Å². The Morgan fingerprint density at radius 2 is 1.00 bits per heavy atom. The number of fused-ring (bicyclic) bond motifs is 12. The molecular weight excluding hydrogens is 340 g/mol. The van der Waals surface area contributed by atoms with Crippen molar-refractivity contribution in [2.45, 2.75) is 84.5 Å². The Labute approximate surface area is 163 Å². The Balaban J connectivity index is 2.44. The molecule has 0 amide bonds. The van der Waals surface area contributed by atoms with Crippen LogP contribution >= 0.6 is 0 Å². The quantitative estimate of drug-likeness (QED) is 0.639. The monoisotopic (exact) mass is 374 g/mol. The molecule has 0 saturated heterocycles. The summed E-state index contributed by atoms with van der Waals surface area (Å²) in [5.74, 6) is -0.802. The molecule has 0 heterocycles. The second kappa shape index (κ2) is 11.8. The van der Waals surface area contributed by atoms with E-state index in [-0.39, 0.29) is 0 Å². The lowest BCUT2D eigenvalue weighted by atomic mass is 9.90. The molecule has 2 aliphatic carbocycles. The third-order valence-corrected chi connectivity index (χ3v) is 5.23. The minimum absolute atomic E-state index is 0.296. The molecule has 4 nitrogen and oxygen atoms in total. The Hall–Kier alpha value is -1.84. The van der Waals surface area contributed by atoms with Gasteiger partial charge in [0.25, 0.3) is 0 Å². The number of hydrogen-bond acceptors (Lipinski definition) is 4. The molecular formula is C23H34O4. The summed E-state index contributed by atoms with van der Waals surface area (Å²) in [7, 11) is 0. The van der Waals surface area contributed by atoms with Gasteiger partial charge >= 0.3 is 11.9 Å². The highest BCUT2D eigenvalue weighted by molar-refractivity contribution is 6.05. The first-order valence-electron chi connectivity index (χ1n) is 10.7. The van der Waals surface area contributed by atoms with Crippen molar-refractivity contribution >= 4 is 11.9 Å². The number of rotatable bonds is 4. The molecule has 3 rings (SSSR count). The fourth-order valence-corrected chi connectivity index (χ4v) is 3.85. The molecule has 0 spiro atoms. The molecule has 0 saturated carbocycles. The van der Waals surface area contributed by atoms with Gasteiger partial charge in [-0.1, -0.05) is 57.1 Å². The molecule has 0 radical (unpaired) electrons. The van der Waals surface area contributed by atoms with Gasteiger partial charge in [0.05, 0.1) is 24.3 Å². The van der Waals surface area contributed by atoms with Crippen molar-refractivity contribution in [3.63, 3.8) is 0 Å². The van der Waals surface area contributed by atoms with Crippen LogP contribution < -0.4 is 0 Å². The van der Waals surface area contributed by atoms with Crippen molar-refractivity contribution in [2.24, 2.45) is 0 Å². The van der Waals surface area contributed by atoms with E-state index in [4.69, 9.17) is 9.47 Å². The maximum absolute atomic E-state index is 12.7. The Morgan fingerprint density at radius 1 is 0.667 bits per heavy atom. The van der Waals surface area contributed by atoms with Gasteiger partial charge in [0.2, 0.25) is 0 Å². The smallest absolute Gasteiger partial charge is 0.339 e. The van der Waals surface area contributed by atoms with Gasteiger partial charge in [0.15, 0.2) is 0 Å². The molecule has 0 atom stereocenters. The predicted octanol–water partition coefficient (Wildman–Crippen LogP) is 5.65. The third kappa shape index (κ3) is 6.37.